The molecule has 19 heavy (non-hydrogen) atoms. The van der Waals surface area contributed by atoms with Crippen LogP contribution in [0.2, 0.25) is 0 Å². The number of ether oxygens (including phenoxy) is 1. The van der Waals surface area contributed by atoms with Crippen LogP contribution in [0, 0.1) is 13.8 Å². The molecule has 5 heteroatoms. The molecule has 1 aromatic rings. The minimum Gasteiger partial charge on any atom is -0.481 e. The third-order valence-electron chi connectivity index (χ3n) is 2.78. The Balaban J connectivity index is 2.96. The second-order valence-electron chi connectivity index (χ2n) is 5.62. The van der Waals surface area contributed by atoms with Crippen molar-refractivity contribution in [2.24, 2.45) is 0 Å². The molecule has 2 N–H and O–H groups in total. The summed E-state index contributed by atoms with van der Waals surface area (Å²) in [6, 6.07) is 0. The van der Waals surface area contributed by atoms with Gasteiger partial charge in [-0.15, -0.1) is 0 Å². The van der Waals surface area contributed by atoms with Crippen LogP contribution in [0.1, 0.15) is 54.5 Å². The number of aromatic nitrogens is 1. The van der Waals surface area contributed by atoms with Crippen LogP contribution in [0.25, 0.3) is 0 Å². The maximum atomic E-state index is 12.0. The highest BCUT2D eigenvalue weighted by Gasteiger charge is 2.23. The van der Waals surface area contributed by atoms with E-state index in [0.717, 1.165) is 16.8 Å². The van der Waals surface area contributed by atoms with Crippen molar-refractivity contribution >= 4 is 11.9 Å². The molecule has 0 aliphatic heterocycles. The fraction of sp³-hybridized carbons (Fsp3) is 0.571. The molecule has 0 unspecified atom stereocenters. The Kier molecular flexibility index (Phi) is 4.39. The van der Waals surface area contributed by atoms with Gasteiger partial charge < -0.3 is 14.8 Å². The third-order valence-corrected chi connectivity index (χ3v) is 2.78. The monoisotopic (exact) mass is 267 g/mol. The minimum atomic E-state index is -0.848. The molecule has 0 saturated carbocycles. The lowest BCUT2D eigenvalue weighted by Crippen LogP contribution is -2.24. The van der Waals surface area contributed by atoms with Crippen LogP contribution in [-0.2, 0) is 16.0 Å². The first-order valence-corrected chi connectivity index (χ1v) is 6.25. The van der Waals surface area contributed by atoms with E-state index in [4.69, 9.17) is 9.84 Å². The summed E-state index contributed by atoms with van der Waals surface area (Å²) in [6.45, 7) is 9.06. The zero-order valence-corrected chi connectivity index (χ0v) is 12.1. The van der Waals surface area contributed by atoms with E-state index in [2.05, 4.69) is 4.98 Å². The van der Waals surface area contributed by atoms with E-state index in [0.29, 0.717) is 12.1 Å². The van der Waals surface area contributed by atoms with Crippen LogP contribution in [-0.4, -0.2) is 27.6 Å². The highest BCUT2D eigenvalue weighted by molar-refractivity contribution is 5.90. The SMILES string of the molecule is Cc1[nH]c(C(=O)OC(C)(C)C)c(C)c1CCC(=O)O. The first-order valence-electron chi connectivity index (χ1n) is 6.25. The maximum absolute atomic E-state index is 12.0. The average Bonchev–Trinajstić information content (AvgIpc) is 2.49. The van der Waals surface area contributed by atoms with E-state index in [-0.39, 0.29) is 6.42 Å². The molecule has 1 rings (SSSR count). The summed E-state index contributed by atoms with van der Waals surface area (Å²) < 4.78 is 5.31. The van der Waals surface area contributed by atoms with Crippen molar-refractivity contribution in [3.05, 3.63) is 22.5 Å². The smallest absolute Gasteiger partial charge is 0.355 e. The van der Waals surface area contributed by atoms with E-state index in [1.165, 1.54) is 0 Å². The summed E-state index contributed by atoms with van der Waals surface area (Å²) >= 11 is 0. The van der Waals surface area contributed by atoms with Crippen molar-refractivity contribution in [1.82, 2.24) is 4.98 Å². The standard InChI is InChI=1S/C14H21NO4/c1-8-10(6-7-11(16)17)9(2)15-12(8)13(18)19-14(3,4)5/h15H,6-7H2,1-5H3,(H,16,17). The number of carbonyl (C=O) groups is 2. The van der Waals surface area contributed by atoms with Gasteiger partial charge in [0.1, 0.15) is 11.3 Å². The Morgan fingerprint density at radius 3 is 2.32 bits per heavy atom. The maximum Gasteiger partial charge on any atom is 0.355 e. The van der Waals surface area contributed by atoms with Gasteiger partial charge in [0, 0.05) is 12.1 Å². The van der Waals surface area contributed by atoms with Crippen LogP contribution in [0.15, 0.2) is 0 Å². The molecule has 1 aromatic heterocycles. The quantitative estimate of drug-likeness (QED) is 0.822. The number of rotatable bonds is 4. The summed E-state index contributed by atoms with van der Waals surface area (Å²) in [5, 5.41) is 8.72. The van der Waals surface area contributed by atoms with E-state index < -0.39 is 17.5 Å². The van der Waals surface area contributed by atoms with Crippen molar-refractivity contribution in [3.63, 3.8) is 0 Å². The van der Waals surface area contributed by atoms with Gasteiger partial charge in [-0.2, -0.15) is 0 Å². The number of carbonyl (C=O) groups excluding carboxylic acids is 1. The van der Waals surface area contributed by atoms with Gasteiger partial charge in [-0.05, 0) is 52.2 Å². The molecule has 0 radical (unpaired) electrons. The van der Waals surface area contributed by atoms with Crippen LogP contribution in [0.3, 0.4) is 0 Å². The van der Waals surface area contributed by atoms with Crippen molar-refractivity contribution in [2.75, 3.05) is 0 Å². The molecule has 0 atom stereocenters. The molecule has 0 aliphatic rings. The molecule has 0 amide bonds. The van der Waals surface area contributed by atoms with Gasteiger partial charge in [0.25, 0.3) is 0 Å². The van der Waals surface area contributed by atoms with E-state index in [1.54, 1.807) is 27.7 Å². The number of hydrogen-bond acceptors (Lipinski definition) is 3. The van der Waals surface area contributed by atoms with E-state index >= 15 is 0 Å². The van der Waals surface area contributed by atoms with Gasteiger partial charge >= 0.3 is 11.9 Å². The summed E-state index contributed by atoms with van der Waals surface area (Å²) in [7, 11) is 0. The van der Waals surface area contributed by atoms with Gasteiger partial charge in [0.2, 0.25) is 0 Å². The average molecular weight is 267 g/mol. The Hall–Kier alpha value is -1.78. The number of H-pyrrole nitrogens is 1. The molecule has 0 fully saturated rings. The fourth-order valence-electron chi connectivity index (χ4n) is 1.93. The number of aliphatic carboxylic acids is 1. The predicted molar refractivity (Wildman–Crippen MR) is 71.4 cm³/mol. The molecular formula is C14H21NO4. The molecular weight excluding hydrogens is 246 g/mol. The fourth-order valence-corrected chi connectivity index (χ4v) is 1.93. The van der Waals surface area contributed by atoms with Crippen LogP contribution >= 0.6 is 0 Å². The molecule has 5 nitrogen and oxygen atoms in total. The number of hydrogen-bond donors (Lipinski definition) is 2. The van der Waals surface area contributed by atoms with E-state index in [1.807, 2.05) is 6.92 Å². The van der Waals surface area contributed by atoms with Crippen LogP contribution < -0.4 is 0 Å². The second kappa shape index (κ2) is 5.47. The van der Waals surface area contributed by atoms with E-state index in [9.17, 15) is 9.59 Å². The largest absolute Gasteiger partial charge is 0.481 e. The van der Waals surface area contributed by atoms with Crippen molar-refractivity contribution in [1.29, 1.82) is 0 Å². The lowest BCUT2D eigenvalue weighted by Gasteiger charge is -2.19. The normalized spacial score (nSPS) is 11.4. The number of aromatic amines is 1. The summed E-state index contributed by atoms with van der Waals surface area (Å²) in [4.78, 5) is 25.6. The number of aryl methyl sites for hydroxylation is 1. The summed E-state index contributed by atoms with van der Waals surface area (Å²) in [5.74, 6) is -1.26. The van der Waals surface area contributed by atoms with Gasteiger partial charge in [-0.25, -0.2) is 4.79 Å². The number of esters is 1. The van der Waals surface area contributed by atoms with Crippen molar-refractivity contribution < 1.29 is 19.4 Å². The summed E-state index contributed by atoms with van der Waals surface area (Å²) in [5.41, 5.74) is 2.33. The van der Waals surface area contributed by atoms with Gasteiger partial charge in [0.15, 0.2) is 0 Å². The molecule has 0 bridgehead atoms. The summed E-state index contributed by atoms with van der Waals surface area (Å²) in [6.07, 6.45) is 0.458. The zero-order chi connectivity index (χ0) is 14.8. The molecule has 0 spiro atoms. The lowest BCUT2D eigenvalue weighted by molar-refractivity contribution is -0.136. The lowest BCUT2D eigenvalue weighted by atomic mass is 10.0. The van der Waals surface area contributed by atoms with Crippen molar-refractivity contribution in [3.8, 4) is 0 Å². The minimum absolute atomic E-state index is 0.0489. The molecule has 0 aliphatic carbocycles. The van der Waals surface area contributed by atoms with Gasteiger partial charge in [0.05, 0.1) is 0 Å². The number of nitrogens with one attached hydrogen (secondary N) is 1. The second-order valence-corrected chi connectivity index (χ2v) is 5.62. The highest BCUT2D eigenvalue weighted by atomic mass is 16.6. The zero-order valence-electron chi connectivity index (χ0n) is 12.1. The highest BCUT2D eigenvalue weighted by Crippen LogP contribution is 2.22. The molecule has 106 valence electrons. The predicted octanol–water partition coefficient (Wildman–Crippen LogP) is 2.60. The van der Waals surface area contributed by atoms with Gasteiger partial charge in [-0.1, -0.05) is 0 Å². The Labute approximate surface area is 113 Å². The number of carboxylic acids is 1. The first kappa shape index (κ1) is 15.3. The Morgan fingerprint density at radius 2 is 1.84 bits per heavy atom. The molecule has 1 heterocycles. The van der Waals surface area contributed by atoms with Gasteiger partial charge in [-0.3, -0.25) is 4.79 Å². The Morgan fingerprint density at radius 1 is 1.26 bits per heavy atom. The van der Waals surface area contributed by atoms with Crippen LogP contribution in [0.5, 0.6) is 0 Å². The van der Waals surface area contributed by atoms with Crippen molar-refractivity contribution in [2.45, 2.75) is 53.1 Å². The Bertz CT molecular complexity index is 494. The molecule has 0 saturated heterocycles. The number of carboxylic acid groups (broad SMARTS) is 1. The topological polar surface area (TPSA) is 79.4 Å². The first-order chi connectivity index (χ1) is 8.61. The molecule has 0 aromatic carbocycles. The van der Waals surface area contributed by atoms with Crippen LogP contribution in [0.4, 0.5) is 0 Å². The third kappa shape index (κ3) is 4.12.